The third kappa shape index (κ3) is 7.86. The lowest BCUT2D eigenvalue weighted by Gasteiger charge is -2.63. The number of nitrogens with zero attached hydrogens (tertiary/aromatic N) is 1. The fourth-order valence-electron chi connectivity index (χ4n) is 9.00. The molecular weight excluding hydrogens is 541 g/mol. The topological polar surface area (TPSA) is 91.4 Å². The zero-order valence-corrected chi connectivity index (χ0v) is 27.1. The molecule has 3 saturated carbocycles. The van der Waals surface area contributed by atoms with Crippen LogP contribution in [0, 0.1) is 34.0 Å². The Morgan fingerprint density at radius 1 is 1.17 bits per heavy atom. The largest absolute Gasteiger partial charge is 0.544 e. The maximum Gasteiger partial charge on any atom is 0.544 e. The van der Waals surface area contributed by atoms with E-state index in [-0.39, 0.29) is 29.0 Å². The molecule has 7 unspecified atom stereocenters. The normalized spacial score (nSPS) is 36.5. The van der Waals surface area contributed by atoms with E-state index in [0.717, 1.165) is 44.9 Å². The van der Waals surface area contributed by atoms with Gasteiger partial charge in [0.2, 0.25) is 5.91 Å². The standard InChI is InChI=1S/C23H38N2.C8H13F3N2O2.C2H6/c1-6-8-17-11-15-23(25)19-10-9-18(16(3)24)22(19,5)14-12-20(23)21(17,4)13-7-2;1-6(14)13(15-8(9,10)11)5-7-3-2-4-12-7;1-2/h6,8,18-20,24H,1,7,9-15,25H2,2-5H3;7,12H,2-5H2,1H3;1-2H3/b17-8-,24-16?;;. The molecule has 0 spiro atoms. The van der Waals surface area contributed by atoms with E-state index < -0.39 is 12.3 Å². The Morgan fingerprint density at radius 3 is 2.33 bits per heavy atom. The number of carbonyl (C=O) groups excluding carboxylic acids is 1. The number of halogens is 3. The lowest BCUT2D eigenvalue weighted by atomic mass is 9.44. The van der Waals surface area contributed by atoms with Crippen LogP contribution >= 0.6 is 0 Å². The van der Waals surface area contributed by atoms with Crippen molar-refractivity contribution in [3.05, 3.63) is 24.3 Å². The molecule has 0 aromatic heterocycles. The van der Waals surface area contributed by atoms with E-state index in [0.29, 0.717) is 22.8 Å². The van der Waals surface area contributed by atoms with E-state index in [1.54, 1.807) is 5.57 Å². The van der Waals surface area contributed by atoms with E-state index >= 15 is 0 Å². The maximum absolute atomic E-state index is 11.9. The first kappa shape index (κ1) is 36.5. The van der Waals surface area contributed by atoms with Gasteiger partial charge in [-0.2, -0.15) is 4.84 Å². The molecule has 7 atom stereocenters. The SMILES string of the molecule is C=C/C=C1/CCC2(N)C(CCC3(C)C(C(C)=N)CCC32)C1(C)CCC.CC.CC(=O)N(CC1CCCN1)OC(F)(F)F. The van der Waals surface area contributed by atoms with Gasteiger partial charge in [-0.3, -0.25) is 4.79 Å². The van der Waals surface area contributed by atoms with Crippen molar-refractivity contribution >= 4 is 11.6 Å². The van der Waals surface area contributed by atoms with Gasteiger partial charge in [0.15, 0.2) is 0 Å². The summed E-state index contributed by atoms with van der Waals surface area (Å²) in [6.07, 6.45) is 10.6. The number of amides is 1. The monoisotopic (exact) mass is 598 g/mol. The number of alkyl halides is 3. The average molecular weight is 599 g/mol. The van der Waals surface area contributed by atoms with Crippen LogP contribution in [0.2, 0.25) is 0 Å². The second-order valence-electron chi connectivity index (χ2n) is 13.1. The predicted molar refractivity (Wildman–Crippen MR) is 165 cm³/mol. The second-order valence-corrected chi connectivity index (χ2v) is 13.1. The van der Waals surface area contributed by atoms with Gasteiger partial charge in [0.25, 0.3) is 0 Å². The molecule has 1 amide bonds. The third-order valence-electron chi connectivity index (χ3n) is 10.7. The number of hydrogen-bond donors (Lipinski definition) is 3. The van der Waals surface area contributed by atoms with Gasteiger partial charge in [0, 0.05) is 30.1 Å². The van der Waals surface area contributed by atoms with Crippen molar-refractivity contribution in [2.75, 3.05) is 13.1 Å². The molecule has 0 radical (unpaired) electrons. The smallest absolute Gasteiger partial charge is 0.325 e. The number of fused-ring (bicyclic) bond motifs is 3. The van der Waals surface area contributed by atoms with Crippen molar-refractivity contribution in [1.29, 1.82) is 5.41 Å². The van der Waals surface area contributed by atoms with Crippen LogP contribution < -0.4 is 11.1 Å². The van der Waals surface area contributed by atoms with Crippen molar-refractivity contribution in [3.63, 3.8) is 0 Å². The first-order valence-corrected chi connectivity index (χ1v) is 16.1. The van der Waals surface area contributed by atoms with Crippen molar-refractivity contribution in [3.8, 4) is 0 Å². The molecule has 4 rings (SSSR count). The van der Waals surface area contributed by atoms with Crippen LogP contribution in [-0.4, -0.2) is 47.7 Å². The zero-order valence-electron chi connectivity index (χ0n) is 27.1. The van der Waals surface area contributed by atoms with Crippen LogP contribution in [0.4, 0.5) is 13.2 Å². The number of rotatable bonds is 7. The highest BCUT2D eigenvalue weighted by Gasteiger charge is 2.64. The molecule has 3 aliphatic carbocycles. The first-order valence-electron chi connectivity index (χ1n) is 16.1. The van der Waals surface area contributed by atoms with E-state index in [2.05, 4.69) is 43.6 Å². The molecule has 4 fully saturated rings. The minimum atomic E-state index is -4.82. The van der Waals surface area contributed by atoms with Gasteiger partial charge in [-0.1, -0.05) is 65.3 Å². The lowest BCUT2D eigenvalue weighted by Crippen LogP contribution is -2.66. The highest BCUT2D eigenvalue weighted by Crippen LogP contribution is 2.67. The summed E-state index contributed by atoms with van der Waals surface area (Å²) >= 11 is 0. The minimum Gasteiger partial charge on any atom is -0.325 e. The molecule has 1 saturated heterocycles. The van der Waals surface area contributed by atoms with E-state index in [4.69, 9.17) is 11.1 Å². The molecule has 0 aromatic carbocycles. The van der Waals surface area contributed by atoms with Crippen molar-refractivity contribution < 1.29 is 22.8 Å². The van der Waals surface area contributed by atoms with Crippen LogP contribution in [0.3, 0.4) is 0 Å². The van der Waals surface area contributed by atoms with Crippen LogP contribution in [0.15, 0.2) is 24.3 Å². The van der Waals surface area contributed by atoms with Crippen LogP contribution in [-0.2, 0) is 9.63 Å². The molecule has 4 N–H and O–H groups in total. The van der Waals surface area contributed by atoms with Gasteiger partial charge in [-0.15, -0.1) is 13.2 Å². The van der Waals surface area contributed by atoms with Gasteiger partial charge in [0.1, 0.15) is 0 Å². The first-order chi connectivity index (χ1) is 19.6. The number of hydrogen-bond acceptors (Lipinski definition) is 5. The summed E-state index contributed by atoms with van der Waals surface area (Å²) in [4.78, 5) is 14.5. The molecule has 0 bridgehead atoms. The quantitative estimate of drug-likeness (QED) is 0.205. The Morgan fingerprint density at radius 2 is 1.83 bits per heavy atom. The molecular formula is C33H57F3N4O2. The molecule has 6 nitrogen and oxygen atoms in total. The average Bonchev–Trinajstić information content (AvgIpc) is 3.54. The summed E-state index contributed by atoms with van der Waals surface area (Å²) in [5.74, 6) is 0.843. The minimum absolute atomic E-state index is 0.0559. The maximum atomic E-state index is 11.9. The van der Waals surface area contributed by atoms with E-state index in [1.165, 1.54) is 38.5 Å². The summed E-state index contributed by atoms with van der Waals surface area (Å²) in [6.45, 7) is 18.9. The van der Waals surface area contributed by atoms with Crippen LogP contribution in [0.5, 0.6) is 0 Å². The van der Waals surface area contributed by atoms with Crippen molar-refractivity contribution in [2.24, 2.45) is 34.3 Å². The van der Waals surface area contributed by atoms with Gasteiger partial charge in [-0.05, 0) is 93.9 Å². The Kier molecular flexibility index (Phi) is 12.9. The highest BCUT2D eigenvalue weighted by molar-refractivity contribution is 5.82. The Labute approximate surface area is 252 Å². The summed E-state index contributed by atoms with van der Waals surface area (Å²) in [7, 11) is 0. The second kappa shape index (κ2) is 14.8. The number of hydroxylamine groups is 2. The van der Waals surface area contributed by atoms with E-state index in [1.807, 2.05) is 26.8 Å². The van der Waals surface area contributed by atoms with Gasteiger partial charge >= 0.3 is 6.36 Å². The van der Waals surface area contributed by atoms with E-state index in [9.17, 15) is 18.0 Å². The molecule has 0 aromatic rings. The number of nitrogens with two attached hydrogens (primary N) is 1. The predicted octanol–water partition coefficient (Wildman–Crippen LogP) is 7.94. The fourth-order valence-corrected chi connectivity index (χ4v) is 9.00. The Hall–Kier alpha value is -1.71. The molecule has 242 valence electrons. The summed E-state index contributed by atoms with van der Waals surface area (Å²) in [5.41, 5.74) is 10.2. The van der Waals surface area contributed by atoms with Crippen molar-refractivity contribution in [2.45, 2.75) is 131 Å². The summed E-state index contributed by atoms with van der Waals surface area (Å²) < 4.78 is 35.7. The summed E-state index contributed by atoms with van der Waals surface area (Å²) in [5, 5.41) is 11.6. The number of carbonyl (C=O) groups is 1. The Bertz CT molecular complexity index is 963. The fraction of sp³-hybridized carbons (Fsp3) is 0.818. The van der Waals surface area contributed by atoms with Gasteiger partial charge in [-0.25, -0.2) is 5.06 Å². The molecule has 1 aliphatic heterocycles. The third-order valence-corrected chi connectivity index (χ3v) is 10.7. The summed E-state index contributed by atoms with van der Waals surface area (Å²) in [6, 6.07) is -0.115. The molecule has 1 heterocycles. The number of allylic oxidation sites excluding steroid dienone is 3. The molecule has 9 heteroatoms. The molecule has 4 aliphatic rings. The van der Waals surface area contributed by atoms with Gasteiger partial charge < -0.3 is 16.5 Å². The van der Waals surface area contributed by atoms with Gasteiger partial charge in [0.05, 0.1) is 6.54 Å². The van der Waals surface area contributed by atoms with Crippen LogP contribution in [0.25, 0.3) is 0 Å². The number of nitrogens with one attached hydrogen (secondary N) is 2. The van der Waals surface area contributed by atoms with Crippen molar-refractivity contribution in [1.82, 2.24) is 10.4 Å². The molecule has 42 heavy (non-hydrogen) atoms. The zero-order chi connectivity index (χ0) is 31.9. The Balaban J connectivity index is 0.000000311. The van der Waals surface area contributed by atoms with Crippen LogP contribution in [0.1, 0.15) is 113 Å². The lowest BCUT2D eigenvalue weighted by molar-refractivity contribution is -0.402. The highest BCUT2D eigenvalue weighted by atomic mass is 19.4.